The van der Waals surface area contributed by atoms with Crippen LogP contribution in [0.1, 0.15) is 37.3 Å². The molecule has 2 rings (SSSR count). The lowest BCUT2D eigenvalue weighted by Crippen LogP contribution is -2.03. The van der Waals surface area contributed by atoms with E-state index in [0.717, 1.165) is 36.1 Å². The molecule has 0 aliphatic heterocycles. The summed E-state index contributed by atoms with van der Waals surface area (Å²) in [5, 5.41) is 0. The number of hydrogen-bond donors (Lipinski definition) is 0. The van der Waals surface area contributed by atoms with Gasteiger partial charge in [0.15, 0.2) is 11.5 Å². The van der Waals surface area contributed by atoms with Gasteiger partial charge in [-0.1, -0.05) is 19.8 Å². The van der Waals surface area contributed by atoms with Crippen LogP contribution in [0.4, 0.5) is 0 Å². The first-order valence-electron chi connectivity index (χ1n) is 9.13. The number of rotatable bonds is 10. The molecule has 1 heterocycles. The van der Waals surface area contributed by atoms with Crippen molar-refractivity contribution in [3.63, 3.8) is 0 Å². The summed E-state index contributed by atoms with van der Waals surface area (Å²) in [5.41, 5.74) is 1.83. The Morgan fingerprint density at radius 1 is 0.852 bits per heavy atom. The SMILES string of the molecule is CCCCCOc1c(C)cnc(Oc2ccc(OC)c(OC)c2OC)c1C. The van der Waals surface area contributed by atoms with Crippen molar-refractivity contribution in [2.45, 2.75) is 40.0 Å². The maximum atomic E-state index is 6.04. The lowest BCUT2D eigenvalue weighted by Gasteiger charge is -2.18. The van der Waals surface area contributed by atoms with Crippen LogP contribution in [0.3, 0.4) is 0 Å². The zero-order chi connectivity index (χ0) is 19.8. The minimum Gasteiger partial charge on any atom is -0.493 e. The fourth-order valence-corrected chi connectivity index (χ4v) is 2.81. The Labute approximate surface area is 161 Å². The third-order valence-corrected chi connectivity index (χ3v) is 4.26. The van der Waals surface area contributed by atoms with Gasteiger partial charge in [-0.05, 0) is 32.4 Å². The summed E-state index contributed by atoms with van der Waals surface area (Å²) in [5.74, 6) is 3.26. The van der Waals surface area contributed by atoms with Gasteiger partial charge >= 0.3 is 0 Å². The number of nitrogens with zero attached hydrogens (tertiary/aromatic N) is 1. The average Bonchev–Trinajstić information content (AvgIpc) is 2.68. The second-order valence-electron chi connectivity index (χ2n) is 6.19. The maximum Gasteiger partial charge on any atom is 0.226 e. The summed E-state index contributed by atoms with van der Waals surface area (Å²) in [7, 11) is 4.69. The maximum absolute atomic E-state index is 6.04. The van der Waals surface area contributed by atoms with Crippen LogP contribution in [-0.2, 0) is 0 Å². The van der Waals surface area contributed by atoms with E-state index in [1.807, 2.05) is 13.8 Å². The number of aromatic nitrogens is 1. The van der Waals surface area contributed by atoms with Crippen LogP contribution in [-0.4, -0.2) is 32.9 Å². The van der Waals surface area contributed by atoms with Crippen LogP contribution < -0.4 is 23.7 Å². The number of aryl methyl sites for hydroxylation is 1. The predicted octanol–water partition coefficient (Wildman–Crippen LogP) is 5.09. The molecule has 1 aromatic carbocycles. The normalized spacial score (nSPS) is 10.4. The van der Waals surface area contributed by atoms with Gasteiger partial charge in [0.2, 0.25) is 17.4 Å². The number of pyridine rings is 1. The van der Waals surface area contributed by atoms with E-state index in [1.165, 1.54) is 0 Å². The molecule has 0 N–H and O–H groups in total. The van der Waals surface area contributed by atoms with Crippen molar-refractivity contribution in [1.29, 1.82) is 0 Å². The zero-order valence-corrected chi connectivity index (χ0v) is 17.0. The molecule has 27 heavy (non-hydrogen) atoms. The van der Waals surface area contributed by atoms with E-state index in [9.17, 15) is 0 Å². The molecule has 0 fully saturated rings. The van der Waals surface area contributed by atoms with E-state index in [1.54, 1.807) is 39.7 Å². The van der Waals surface area contributed by atoms with Gasteiger partial charge in [-0.25, -0.2) is 4.98 Å². The van der Waals surface area contributed by atoms with Crippen molar-refractivity contribution in [2.24, 2.45) is 0 Å². The number of hydrogen-bond acceptors (Lipinski definition) is 6. The van der Waals surface area contributed by atoms with Crippen LogP contribution >= 0.6 is 0 Å². The smallest absolute Gasteiger partial charge is 0.226 e. The van der Waals surface area contributed by atoms with Gasteiger partial charge in [-0.2, -0.15) is 0 Å². The molecule has 0 aliphatic rings. The van der Waals surface area contributed by atoms with Gasteiger partial charge in [0.05, 0.1) is 33.5 Å². The Bertz CT molecular complexity index is 761. The summed E-state index contributed by atoms with van der Waals surface area (Å²) in [6.45, 7) is 6.78. The van der Waals surface area contributed by atoms with E-state index in [4.69, 9.17) is 23.7 Å². The molecule has 0 aliphatic carbocycles. The standard InChI is InChI=1S/C21H29NO5/c1-7-8-9-12-26-18-14(2)13-22-21(15(18)3)27-17-11-10-16(23-4)19(24-5)20(17)25-6/h10-11,13H,7-9,12H2,1-6H3. The van der Waals surface area contributed by atoms with E-state index in [-0.39, 0.29) is 0 Å². The second kappa shape index (κ2) is 9.90. The monoisotopic (exact) mass is 375 g/mol. The minimum atomic E-state index is 0.448. The van der Waals surface area contributed by atoms with E-state index < -0.39 is 0 Å². The predicted molar refractivity (Wildman–Crippen MR) is 105 cm³/mol. The summed E-state index contributed by atoms with van der Waals surface area (Å²) < 4.78 is 28.2. The number of benzene rings is 1. The highest BCUT2D eigenvalue weighted by Crippen LogP contribution is 2.46. The van der Waals surface area contributed by atoms with E-state index in [0.29, 0.717) is 35.5 Å². The molecule has 6 heteroatoms. The molecule has 6 nitrogen and oxygen atoms in total. The quantitative estimate of drug-likeness (QED) is 0.539. The van der Waals surface area contributed by atoms with Gasteiger partial charge in [-0.15, -0.1) is 0 Å². The van der Waals surface area contributed by atoms with E-state index >= 15 is 0 Å². The molecule has 0 unspecified atom stereocenters. The van der Waals surface area contributed by atoms with Crippen molar-refractivity contribution in [2.75, 3.05) is 27.9 Å². The fourth-order valence-electron chi connectivity index (χ4n) is 2.81. The molecule has 148 valence electrons. The van der Waals surface area contributed by atoms with Crippen LogP contribution in [0, 0.1) is 13.8 Å². The molecule has 0 bridgehead atoms. The third kappa shape index (κ3) is 4.76. The largest absolute Gasteiger partial charge is 0.493 e. The summed E-state index contributed by atoms with van der Waals surface area (Å²) in [6, 6.07) is 3.53. The Balaban J connectivity index is 2.32. The van der Waals surface area contributed by atoms with Gasteiger partial charge in [-0.3, -0.25) is 0 Å². The van der Waals surface area contributed by atoms with Crippen LogP contribution in [0.5, 0.6) is 34.6 Å². The summed E-state index contributed by atoms with van der Waals surface area (Å²) in [6.07, 6.45) is 5.09. The first-order chi connectivity index (χ1) is 13.1. The van der Waals surface area contributed by atoms with Crippen LogP contribution in [0.25, 0.3) is 0 Å². The number of methoxy groups -OCH3 is 3. The number of unbranched alkanes of at least 4 members (excludes halogenated alkanes) is 2. The molecule has 1 aromatic heterocycles. The van der Waals surface area contributed by atoms with Crippen molar-refractivity contribution in [3.8, 4) is 34.6 Å². The Morgan fingerprint density at radius 3 is 2.15 bits per heavy atom. The van der Waals surface area contributed by atoms with Gasteiger partial charge < -0.3 is 23.7 Å². The molecule has 0 saturated carbocycles. The lowest BCUT2D eigenvalue weighted by atomic mass is 10.2. The molecule has 0 atom stereocenters. The molecule has 0 saturated heterocycles. The molecule has 2 aromatic rings. The third-order valence-electron chi connectivity index (χ3n) is 4.26. The zero-order valence-electron chi connectivity index (χ0n) is 17.0. The van der Waals surface area contributed by atoms with Gasteiger partial charge in [0.1, 0.15) is 5.75 Å². The van der Waals surface area contributed by atoms with Crippen molar-refractivity contribution < 1.29 is 23.7 Å². The van der Waals surface area contributed by atoms with Crippen molar-refractivity contribution in [1.82, 2.24) is 4.98 Å². The molecule has 0 amide bonds. The Kier molecular flexibility index (Phi) is 7.58. The summed E-state index contributed by atoms with van der Waals surface area (Å²) >= 11 is 0. The van der Waals surface area contributed by atoms with E-state index in [2.05, 4.69) is 11.9 Å². The first-order valence-corrected chi connectivity index (χ1v) is 9.13. The molecule has 0 radical (unpaired) electrons. The first kappa shape index (κ1) is 20.7. The fraction of sp³-hybridized carbons (Fsp3) is 0.476. The highest BCUT2D eigenvalue weighted by atomic mass is 16.5. The van der Waals surface area contributed by atoms with Gasteiger partial charge in [0.25, 0.3) is 0 Å². The highest BCUT2D eigenvalue weighted by Gasteiger charge is 2.20. The highest BCUT2D eigenvalue weighted by molar-refractivity contribution is 5.60. The average molecular weight is 375 g/mol. The van der Waals surface area contributed by atoms with Crippen LogP contribution in [0.2, 0.25) is 0 Å². The van der Waals surface area contributed by atoms with Crippen molar-refractivity contribution in [3.05, 3.63) is 29.5 Å². The lowest BCUT2D eigenvalue weighted by molar-refractivity contribution is 0.297. The van der Waals surface area contributed by atoms with Gasteiger partial charge in [0, 0.05) is 11.8 Å². The topological polar surface area (TPSA) is 59.0 Å². The number of ether oxygens (including phenoxy) is 5. The Morgan fingerprint density at radius 2 is 1.52 bits per heavy atom. The minimum absolute atomic E-state index is 0.448. The second-order valence-corrected chi connectivity index (χ2v) is 6.19. The Hall–Kier alpha value is -2.63. The summed E-state index contributed by atoms with van der Waals surface area (Å²) in [4.78, 5) is 4.42. The molecule has 0 spiro atoms. The van der Waals surface area contributed by atoms with Crippen molar-refractivity contribution >= 4 is 0 Å². The molecular formula is C21H29NO5. The molecular weight excluding hydrogens is 346 g/mol. The van der Waals surface area contributed by atoms with Crippen LogP contribution in [0.15, 0.2) is 18.3 Å².